The maximum atomic E-state index is 2.67. The van der Waals surface area contributed by atoms with E-state index in [1.165, 1.54) is 75.7 Å². The maximum Gasteiger partial charge on any atom is 0.0506 e. The van der Waals surface area contributed by atoms with Crippen molar-refractivity contribution in [3.63, 3.8) is 0 Å². The first-order valence-corrected chi connectivity index (χ1v) is 9.32. The average molecular weight is 308 g/mol. The normalized spacial score (nSPS) is 21.7. The van der Waals surface area contributed by atoms with E-state index in [-0.39, 0.29) is 0 Å². The quantitative estimate of drug-likeness (QED) is 0.826. The van der Waals surface area contributed by atoms with E-state index in [0.29, 0.717) is 0 Å². The van der Waals surface area contributed by atoms with Gasteiger partial charge < -0.3 is 0 Å². The highest BCUT2D eigenvalue weighted by Crippen LogP contribution is 2.30. The summed E-state index contributed by atoms with van der Waals surface area (Å²) in [6.07, 6.45) is 6.85. The highest BCUT2D eigenvalue weighted by Gasteiger charge is 2.22. The van der Waals surface area contributed by atoms with Crippen LogP contribution in [0.1, 0.15) is 43.6 Å². The van der Waals surface area contributed by atoms with Gasteiger partial charge in [0.2, 0.25) is 0 Å². The van der Waals surface area contributed by atoms with Crippen LogP contribution < -0.4 is 0 Å². The molecule has 2 aromatic rings. The Morgan fingerprint density at radius 2 is 1.43 bits per heavy atom. The fourth-order valence-electron chi connectivity index (χ4n) is 4.25. The summed E-state index contributed by atoms with van der Waals surface area (Å²) < 4.78 is 0. The molecule has 0 bridgehead atoms. The van der Waals surface area contributed by atoms with Gasteiger partial charge in [0, 0.05) is 0 Å². The van der Waals surface area contributed by atoms with Crippen LogP contribution in [0.15, 0.2) is 42.5 Å². The lowest BCUT2D eigenvalue weighted by Gasteiger charge is -2.37. The lowest BCUT2D eigenvalue weighted by molar-refractivity contribution is 0.0927. The van der Waals surface area contributed by atoms with Crippen LogP contribution in [0.4, 0.5) is 0 Å². The molecule has 2 fully saturated rings. The number of benzene rings is 2. The largest absolute Gasteiger partial charge is 0.290 e. The summed E-state index contributed by atoms with van der Waals surface area (Å²) in [4.78, 5) is 5.32. The first-order chi connectivity index (χ1) is 11.4. The Morgan fingerprint density at radius 1 is 0.739 bits per heavy atom. The molecule has 0 atom stereocenters. The summed E-state index contributed by atoms with van der Waals surface area (Å²) in [5.74, 6) is 0.747. The summed E-state index contributed by atoms with van der Waals surface area (Å²) in [6, 6.07) is 15.8. The minimum Gasteiger partial charge on any atom is -0.290 e. The molecule has 0 amide bonds. The van der Waals surface area contributed by atoms with Crippen LogP contribution in [0, 0.1) is 0 Å². The first kappa shape index (κ1) is 15.2. The van der Waals surface area contributed by atoms with E-state index < -0.39 is 0 Å². The van der Waals surface area contributed by atoms with Crippen molar-refractivity contribution < 1.29 is 0 Å². The van der Waals surface area contributed by atoms with Crippen LogP contribution in [-0.4, -0.2) is 42.6 Å². The summed E-state index contributed by atoms with van der Waals surface area (Å²) in [5.41, 5.74) is 1.54. The third-order valence-electron chi connectivity index (χ3n) is 5.68. The van der Waals surface area contributed by atoms with E-state index >= 15 is 0 Å². The topological polar surface area (TPSA) is 6.48 Å². The summed E-state index contributed by atoms with van der Waals surface area (Å²) in [6.45, 7) is 6.33. The molecule has 0 aliphatic carbocycles. The van der Waals surface area contributed by atoms with Crippen LogP contribution in [0.5, 0.6) is 0 Å². The van der Waals surface area contributed by atoms with E-state index in [1.54, 1.807) is 5.56 Å². The van der Waals surface area contributed by atoms with Crippen molar-refractivity contribution in [1.82, 2.24) is 9.80 Å². The molecule has 4 rings (SSSR count). The molecule has 0 aromatic heterocycles. The van der Waals surface area contributed by atoms with Crippen molar-refractivity contribution in [3.8, 4) is 0 Å². The fraction of sp³-hybridized carbons (Fsp3) is 0.524. The molecule has 2 saturated heterocycles. The van der Waals surface area contributed by atoms with Gasteiger partial charge in [0.15, 0.2) is 0 Å². The lowest BCUT2D eigenvalue weighted by atomic mass is 9.88. The predicted molar refractivity (Wildman–Crippen MR) is 97.8 cm³/mol. The van der Waals surface area contributed by atoms with Gasteiger partial charge in [0.05, 0.1) is 6.67 Å². The maximum absolute atomic E-state index is 2.67. The fourth-order valence-corrected chi connectivity index (χ4v) is 4.25. The first-order valence-electron chi connectivity index (χ1n) is 9.32. The average Bonchev–Trinajstić information content (AvgIpc) is 2.63. The zero-order valence-corrected chi connectivity index (χ0v) is 14.1. The Balaban J connectivity index is 1.36. The molecule has 0 N–H and O–H groups in total. The van der Waals surface area contributed by atoms with Crippen LogP contribution in [0.25, 0.3) is 10.8 Å². The minimum absolute atomic E-state index is 0.747. The van der Waals surface area contributed by atoms with Crippen LogP contribution in [-0.2, 0) is 0 Å². The molecule has 122 valence electrons. The zero-order valence-electron chi connectivity index (χ0n) is 14.1. The SMILES string of the molecule is c1ccc2cc(C3CCN(CN4CCCCC4)CC3)ccc2c1. The van der Waals surface area contributed by atoms with Gasteiger partial charge in [-0.05, 0) is 74.1 Å². The van der Waals surface area contributed by atoms with Gasteiger partial charge in [0.25, 0.3) is 0 Å². The number of piperidine rings is 2. The zero-order chi connectivity index (χ0) is 15.5. The second-order valence-electron chi connectivity index (χ2n) is 7.32. The monoisotopic (exact) mass is 308 g/mol. The van der Waals surface area contributed by atoms with Crippen molar-refractivity contribution in [2.45, 2.75) is 38.0 Å². The molecule has 2 aliphatic heterocycles. The number of fused-ring (bicyclic) bond motifs is 1. The van der Waals surface area contributed by atoms with E-state index in [0.717, 1.165) is 5.92 Å². The minimum atomic E-state index is 0.747. The van der Waals surface area contributed by atoms with Gasteiger partial charge in [-0.1, -0.05) is 48.9 Å². The Kier molecular flexibility index (Phi) is 4.63. The summed E-state index contributed by atoms with van der Waals surface area (Å²) in [7, 11) is 0. The molecule has 0 unspecified atom stereocenters. The molecule has 2 heteroatoms. The van der Waals surface area contributed by atoms with Crippen molar-refractivity contribution in [2.75, 3.05) is 32.8 Å². The van der Waals surface area contributed by atoms with Gasteiger partial charge >= 0.3 is 0 Å². The van der Waals surface area contributed by atoms with Gasteiger partial charge in [0.1, 0.15) is 0 Å². The van der Waals surface area contributed by atoms with Crippen LogP contribution in [0.2, 0.25) is 0 Å². The second-order valence-corrected chi connectivity index (χ2v) is 7.32. The number of nitrogens with zero attached hydrogens (tertiary/aromatic N) is 2. The molecule has 23 heavy (non-hydrogen) atoms. The predicted octanol–water partition coefficient (Wildman–Crippen LogP) is 4.46. The highest BCUT2D eigenvalue weighted by molar-refractivity contribution is 5.83. The molecule has 2 nitrogen and oxygen atoms in total. The smallest absolute Gasteiger partial charge is 0.0506 e. The number of hydrogen-bond donors (Lipinski definition) is 0. The van der Waals surface area contributed by atoms with E-state index in [9.17, 15) is 0 Å². The van der Waals surface area contributed by atoms with Crippen LogP contribution >= 0.6 is 0 Å². The molecule has 2 aromatic carbocycles. The van der Waals surface area contributed by atoms with Crippen LogP contribution in [0.3, 0.4) is 0 Å². The number of rotatable bonds is 3. The van der Waals surface area contributed by atoms with Crippen molar-refractivity contribution in [1.29, 1.82) is 0 Å². The molecule has 2 aliphatic rings. The van der Waals surface area contributed by atoms with Gasteiger partial charge in [-0.2, -0.15) is 0 Å². The Labute approximate surface area is 140 Å². The molecule has 0 radical (unpaired) electrons. The molecule has 0 spiro atoms. The summed E-state index contributed by atoms with van der Waals surface area (Å²) in [5, 5.41) is 2.75. The van der Waals surface area contributed by atoms with Gasteiger partial charge in [-0.25, -0.2) is 0 Å². The number of hydrogen-bond acceptors (Lipinski definition) is 2. The van der Waals surface area contributed by atoms with E-state index in [4.69, 9.17) is 0 Å². The van der Waals surface area contributed by atoms with Crippen molar-refractivity contribution in [2.24, 2.45) is 0 Å². The van der Waals surface area contributed by atoms with Gasteiger partial charge in [-0.15, -0.1) is 0 Å². The molecule has 2 heterocycles. The third kappa shape index (κ3) is 3.59. The summed E-state index contributed by atoms with van der Waals surface area (Å²) >= 11 is 0. The number of likely N-dealkylation sites (tertiary alicyclic amines) is 2. The Morgan fingerprint density at radius 3 is 2.22 bits per heavy atom. The molecule has 0 saturated carbocycles. The second kappa shape index (κ2) is 7.02. The van der Waals surface area contributed by atoms with Crippen molar-refractivity contribution in [3.05, 3.63) is 48.0 Å². The van der Waals surface area contributed by atoms with Crippen molar-refractivity contribution >= 4 is 10.8 Å². The van der Waals surface area contributed by atoms with Gasteiger partial charge in [-0.3, -0.25) is 9.80 Å². The standard InChI is InChI=1S/C21H28N2/c1-4-12-22(13-5-1)17-23-14-10-19(11-15-23)21-9-8-18-6-2-3-7-20(18)16-21/h2-3,6-9,16,19H,1,4-5,10-15,17H2. The molecular weight excluding hydrogens is 280 g/mol. The van der Waals surface area contributed by atoms with E-state index in [2.05, 4.69) is 52.3 Å². The lowest BCUT2D eigenvalue weighted by Crippen LogP contribution is -2.43. The third-order valence-corrected chi connectivity index (χ3v) is 5.68. The van der Waals surface area contributed by atoms with E-state index in [1.807, 2.05) is 0 Å². The Bertz CT molecular complexity index is 637. The highest BCUT2D eigenvalue weighted by atomic mass is 15.3. The molecular formula is C21H28N2. The Hall–Kier alpha value is -1.38.